The highest BCUT2D eigenvalue weighted by molar-refractivity contribution is 7.89. The molecular formula is C12H18FNO4S. The van der Waals surface area contributed by atoms with Gasteiger partial charge in [0.2, 0.25) is 10.0 Å². The van der Waals surface area contributed by atoms with Crippen molar-refractivity contribution in [1.29, 1.82) is 0 Å². The van der Waals surface area contributed by atoms with Gasteiger partial charge in [-0.2, -0.15) is 0 Å². The fourth-order valence-corrected chi connectivity index (χ4v) is 3.19. The normalized spacial score (nSPS) is 13.5. The molecule has 0 radical (unpaired) electrons. The van der Waals surface area contributed by atoms with Gasteiger partial charge in [-0.25, -0.2) is 17.5 Å². The third-order valence-electron chi connectivity index (χ3n) is 2.61. The van der Waals surface area contributed by atoms with Crippen molar-refractivity contribution in [2.24, 2.45) is 0 Å². The highest BCUT2D eigenvalue weighted by Crippen LogP contribution is 2.17. The molecule has 1 atom stereocenters. The van der Waals surface area contributed by atoms with Gasteiger partial charge in [-0.1, -0.05) is 6.07 Å². The molecule has 0 fully saturated rings. The van der Waals surface area contributed by atoms with E-state index in [-0.39, 0.29) is 24.5 Å². The Morgan fingerprint density at radius 2 is 2.16 bits per heavy atom. The number of aliphatic hydroxyl groups excluding tert-OH is 1. The molecule has 108 valence electrons. The third-order valence-corrected chi connectivity index (χ3v) is 4.27. The van der Waals surface area contributed by atoms with Crippen LogP contribution in [0.1, 0.15) is 12.0 Å². The third kappa shape index (κ3) is 4.54. The van der Waals surface area contributed by atoms with Crippen LogP contribution in [-0.2, 0) is 14.8 Å². The van der Waals surface area contributed by atoms with Gasteiger partial charge in [0.1, 0.15) is 5.82 Å². The topological polar surface area (TPSA) is 75.6 Å². The quantitative estimate of drug-likeness (QED) is 0.779. The lowest BCUT2D eigenvalue weighted by Gasteiger charge is -2.17. The summed E-state index contributed by atoms with van der Waals surface area (Å²) in [4.78, 5) is -0.105. The Morgan fingerprint density at radius 1 is 1.47 bits per heavy atom. The van der Waals surface area contributed by atoms with E-state index >= 15 is 0 Å². The Morgan fingerprint density at radius 3 is 2.74 bits per heavy atom. The molecule has 0 heterocycles. The summed E-state index contributed by atoms with van der Waals surface area (Å²) < 4.78 is 44.7. The summed E-state index contributed by atoms with van der Waals surface area (Å²) in [7, 11) is -2.40. The van der Waals surface area contributed by atoms with E-state index in [0.717, 1.165) is 6.07 Å². The molecule has 0 amide bonds. The number of sulfonamides is 1. The first-order valence-corrected chi connectivity index (χ1v) is 7.27. The Kier molecular flexibility index (Phi) is 5.86. The van der Waals surface area contributed by atoms with Gasteiger partial charge in [-0.15, -0.1) is 0 Å². The first-order valence-electron chi connectivity index (χ1n) is 5.79. The van der Waals surface area contributed by atoms with Crippen molar-refractivity contribution in [3.63, 3.8) is 0 Å². The minimum atomic E-state index is -3.84. The van der Waals surface area contributed by atoms with E-state index < -0.39 is 21.9 Å². The van der Waals surface area contributed by atoms with Crippen LogP contribution in [0.25, 0.3) is 0 Å². The molecule has 0 saturated carbocycles. The smallest absolute Gasteiger partial charge is 0.241 e. The molecule has 7 heteroatoms. The highest BCUT2D eigenvalue weighted by Gasteiger charge is 2.22. The molecule has 1 unspecified atom stereocenters. The Labute approximate surface area is 112 Å². The summed E-state index contributed by atoms with van der Waals surface area (Å²) >= 11 is 0. The van der Waals surface area contributed by atoms with E-state index in [1.165, 1.54) is 19.2 Å². The number of aliphatic hydroxyl groups is 1. The first-order chi connectivity index (χ1) is 8.90. The number of ether oxygens (including phenoxy) is 1. The second kappa shape index (κ2) is 6.95. The molecule has 19 heavy (non-hydrogen) atoms. The van der Waals surface area contributed by atoms with Gasteiger partial charge in [-0.05, 0) is 31.0 Å². The number of aryl methyl sites for hydroxylation is 1. The largest absolute Gasteiger partial charge is 0.396 e. The Balaban J connectivity index is 2.99. The van der Waals surface area contributed by atoms with Gasteiger partial charge in [0.05, 0.1) is 11.5 Å². The van der Waals surface area contributed by atoms with E-state index in [1.807, 2.05) is 0 Å². The first kappa shape index (κ1) is 16.0. The molecule has 0 aliphatic rings. The molecule has 0 aliphatic carbocycles. The molecule has 0 spiro atoms. The van der Waals surface area contributed by atoms with Gasteiger partial charge in [0.25, 0.3) is 0 Å². The van der Waals surface area contributed by atoms with Crippen LogP contribution in [0.15, 0.2) is 23.1 Å². The summed E-state index contributed by atoms with van der Waals surface area (Å²) in [6.45, 7) is 1.55. The molecule has 0 aliphatic heterocycles. The van der Waals surface area contributed by atoms with Gasteiger partial charge >= 0.3 is 0 Å². The summed E-state index contributed by atoms with van der Waals surface area (Å²) in [5, 5.41) is 8.88. The zero-order valence-corrected chi connectivity index (χ0v) is 11.7. The van der Waals surface area contributed by atoms with Crippen LogP contribution in [0, 0.1) is 12.7 Å². The number of halogens is 1. The van der Waals surface area contributed by atoms with Crippen LogP contribution in [0.4, 0.5) is 4.39 Å². The van der Waals surface area contributed by atoms with Crippen LogP contribution < -0.4 is 4.72 Å². The number of hydrogen-bond donors (Lipinski definition) is 2. The summed E-state index contributed by atoms with van der Waals surface area (Å²) in [6.07, 6.45) is 0.224. The average Bonchev–Trinajstić information content (AvgIpc) is 2.32. The number of nitrogens with one attached hydrogen (secondary N) is 1. The standard InChI is InChI=1S/C12H18FNO4S/c1-9-3-4-10(13)7-12(9)19(16,17)14-11(5-6-15)8-18-2/h3-4,7,11,14-15H,5-6,8H2,1-2H3. The highest BCUT2D eigenvalue weighted by atomic mass is 32.2. The van der Waals surface area contributed by atoms with Crippen molar-refractivity contribution in [3.8, 4) is 0 Å². The minimum Gasteiger partial charge on any atom is -0.396 e. The van der Waals surface area contributed by atoms with Crippen molar-refractivity contribution in [1.82, 2.24) is 4.72 Å². The molecule has 0 aromatic heterocycles. The van der Waals surface area contributed by atoms with Crippen molar-refractivity contribution in [3.05, 3.63) is 29.6 Å². The van der Waals surface area contributed by atoms with Gasteiger partial charge in [0.15, 0.2) is 0 Å². The second-order valence-electron chi connectivity index (χ2n) is 4.20. The minimum absolute atomic E-state index is 0.105. The summed E-state index contributed by atoms with van der Waals surface area (Å²) in [5.74, 6) is -0.614. The lowest BCUT2D eigenvalue weighted by Crippen LogP contribution is -2.38. The van der Waals surface area contributed by atoms with Crippen LogP contribution in [0.5, 0.6) is 0 Å². The van der Waals surface area contributed by atoms with E-state index in [1.54, 1.807) is 6.92 Å². The lowest BCUT2D eigenvalue weighted by atomic mass is 10.2. The van der Waals surface area contributed by atoms with E-state index in [9.17, 15) is 12.8 Å². The molecule has 1 aromatic rings. The molecule has 0 saturated heterocycles. The van der Waals surface area contributed by atoms with Crippen LogP contribution in [0.3, 0.4) is 0 Å². The zero-order valence-electron chi connectivity index (χ0n) is 10.9. The number of rotatable bonds is 7. The van der Waals surface area contributed by atoms with Gasteiger partial charge < -0.3 is 9.84 Å². The molecule has 5 nitrogen and oxygen atoms in total. The number of methoxy groups -OCH3 is 1. The van der Waals surface area contributed by atoms with Crippen LogP contribution >= 0.6 is 0 Å². The Bertz CT molecular complexity index is 512. The van der Waals surface area contributed by atoms with Crippen LogP contribution in [0.2, 0.25) is 0 Å². The molecule has 1 rings (SSSR count). The summed E-state index contributed by atoms with van der Waals surface area (Å²) in [6, 6.07) is 3.03. The fourth-order valence-electron chi connectivity index (χ4n) is 1.68. The second-order valence-corrected chi connectivity index (χ2v) is 5.88. The maximum Gasteiger partial charge on any atom is 0.241 e. The predicted molar refractivity (Wildman–Crippen MR) is 68.8 cm³/mol. The maximum atomic E-state index is 13.2. The molecule has 0 bridgehead atoms. The van der Waals surface area contributed by atoms with Crippen molar-refractivity contribution in [2.45, 2.75) is 24.3 Å². The summed E-state index contributed by atoms with van der Waals surface area (Å²) in [5.41, 5.74) is 0.453. The zero-order chi connectivity index (χ0) is 14.5. The average molecular weight is 291 g/mol. The van der Waals surface area contributed by atoms with Crippen molar-refractivity contribution in [2.75, 3.05) is 20.3 Å². The molecular weight excluding hydrogens is 273 g/mol. The molecule has 1 aromatic carbocycles. The van der Waals surface area contributed by atoms with E-state index in [2.05, 4.69) is 4.72 Å². The maximum absolute atomic E-state index is 13.2. The SMILES string of the molecule is COCC(CCO)NS(=O)(=O)c1cc(F)ccc1C. The predicted octanol–water partition coefficient (Wildman–Crippen LogP) is 0.810. The van der Waals surface area contributed by atoms with Gasteiger partial charge in [-0.3, -0.25) is 0 Å². The monoisotopic (exact) mass is 291 g/mol. The van der Waals surface area contributed by atoms with Crippen molar-refractivity contribution >= 4 is 10.0 Å². The van der Waals surface area contributed by atoms with Gasteiger partial charge in [0, 0.05) is 19.8 Å². The Hall–Kier alpha value is -1.02. The van der Waals surface area contributed by atoms with Crippen molar-refractivity contribution < 1.29 is 22.7 Å². The molecule has 2 N–H and O–H groups in total. The number of hydrogen-bond acceptors (Lipinski definition) is 4. The fraction of sp³-hybridized carbons (Fsp3) is 0.500. The van der Waals surface area contributed by atoms with E-state index in [4.69, 9.17) is 9.84 Å². The van der Waals surface area contributed by atoms with Crippen LogP contribution in [-0.4, -0.2) is 39.9 Å². The number of benzene rings is 1. The lowest BCUT2D eigenvalue weighted by molar-refractivity contribution is 0.158. The van der Waals surface area contributed by atoms with E-state index in [0.29, 0.717) is 5.56 Å².